The Morgan fingerprint density at radius 3 is 3.05 bits per heavy atom. The number of aromatic nitrogens is 1. The van der Waals surface area contributed by atoms with Crippen molar-refractivity contribution in [2.75, 3.05) is 19.6 Å². The van der Waals surface area contributed by atoms with Crippen LogP contribution in [0.4, 0.5) is 0 Å². The Bertz CT molecular complexity index is 721. The molecule has 5 heteroatoms. The van der Waals surface area contributed by atoms with Crippen LogP contribution in [0.25, 0.3) is 10.9 Å². The minimum atomic E-state index is 0.0668. The average Bonchev–Trinajstić information content (AvgIpc) is 3.12. The molecule has 108 valence electrons. The predicted molar refractivity (Wildman–Crippen MR) is 78.9 cm³/mol. The maximum absolute atomic E-state index is 12.6. The van der Waals surface area contributed by atoms with E-state index in [9.17, 15) is 9.59 Å². The summed E-state index contributed by atoms with van der Waals surface area (Å²) in [4.78, 5) is 31.3. The Labute approximate surface area is 122 Å². The SMILES string of the molecule is O=C(c1ccc2[nH]ccc2c1)N1CCN2C(=O)CCC2C1. The summed E-state index contributed by atoms with van der Waals surface area (Å²) < 4.78 is 0. The second-order valence-corrected chi connectivity index (χ2v) is 5.81. The molecule has 2 fully saturated rings. The maximum Gasteiger partial charge on any atom is 0.254 e. The third-order valence-electron chi connectivity index (χ3n) is 4.58. The number of carbonyl (C=O) groups is 2. The van der Waals surface area contributed by atoms with Gasteiger partial charge in [-0.1, -0.05) is 0 Å². The molecule has 1 aromatic heterocycles. The number of carbonyl (C=O) groups excluding carboxylic acids is 2. The Kier molecular flexibility index (Phi) is 2.74. The van der Waals surface area contributed by atoms with Crippen molar-refractivity contribution in [2.45, 2.75) is 18.9 Å². The average molecular weight is 283 g/mol. The first-order valence-electron chi connectivity index (χ1n) is 7.38. The van der Waals surface area contributed by atoms with Gasteiger partial charge in [0.25, 0.3) is 5.91 Å². The number of rotatable bonds is 1. The Morgan fingerprint density at radius 2 is 2.14 bits per heavy atom. The van der Waals surface area contributed by atoms with E-state index in [1.54, 1.807) is 0 Å². The van der Waals surface area contributed by atoms with Crippen LogP contribution >= 0.6 is 0 Å². The number of nitrogens with zero attached hydrogens (tertiary/aromatic N) is 2. The molecule has 4 rings (SSSR count). The number of benzene rings is 1. The largest absolute Gasteiger partial charge is 0.361 e. The van der Waals surface area contributed by atoms with E-state index >= 15 is 0 Å². The molecule has 2 amide bonds. The van der Waals surface area contributed by atoms with Crippen LogP contribution in [-0.4, -0.2) is 52.3 Å². The third kappa shape index (κ3) is 2.00. The Hall–Kier alpha value is -2.30. The van der Waals surface area contributed by atoms with Gasteiger partial charge < -0.3 is 14.8 Å². The molecule has 21 heavy (non-hydrogen) atoms. The van der Waals surface area contributed by atoms with Crippen LogP contribution in [0.3, 0.4) is 0 Å². The van der Waals surface area contributed by atoms with Gasteiger partial charge in [0.05, 0.1) is 0 Å². The van der Waals surface area contributed by atoms with Crippen molar-refractivity contribution in [1.29, 1.82) is 0 Å². The van der Waals surface area contributed by atoms with Gasteiger partial charge in [-0.05, 0) is 30.7 Å². The van der Waals surface area contributed by atoms with Crippen molar-refractivity contribution in [3.8, 4) is 0 Å². The highest BCUT2D eigenvalue weighted by molar-refractivity contribution is 5.98. The summed E-state index contributed by atoms with van der Waals surface area (Å²) in [6, 6.07) is 7.93. The molecule has 0 spiro atoms. The highest BCUT2D eigenvalue weighted by atomic mass is 16.2. The summed E-state index contributed by atoms with van der Waals surface area (Å²) in [6.45, 7) is 1.96. The first-order valence-corrected chi connectivity index (χ1v) is 7.38. The van der Waals surface area contributed by atoms with Crippen LogP contribution in [0.15, 0.2) is 30.5 Å². The van der Waals surface area contributed by atoms with Gasteiger partial charge in [-0.2, -0.15) is 0 Å². The zero-order valence-electron chi connectivity index (χ0n) is 11.7. The van der Waals surface area contributed by atoms with Crippen molar-refractivity contribution in [2.24, 2.45) is 0 Å². The highest BCUT2D eigenvalue weighted by Gasteiger charge is 2.36. The molecule has 2 aliphatic heterocycles. The molecule has 0 saturated carbocycles. The van der Waals surface area contributed by atoms with Gasteiger partial charge in [-0.15, -0.1) is 0 Å². The lowest BCUT2D eigenvalue weighted by atomic mass is 10.1. The van der Waals surface area contributed by atoms with Gasteiger partial charge >= 0.3 is 0 Å². The number of H-pyrrole nitrogens is 1. The standard InChI is InChI=1S/C16H17N3O2/c20-15-4-2-13-10-18(7-8-19(13)15)16(21)12-1-3-14-11(9-12)5-6-17-14/h1,3,5-6,9,13,17H,2,4,7-8,10H2. The number of hydrogen-bond donors (Lipinski definition) is 1. The van der Waals surface area contributed by atoms with Crippen molar-refractivity contribution in [1.82, 2.24) is 14.8 Å². The van der Waals surface area contributed by atoms with Gasteiger partial charge in [0.1, 0.15) is 0 Å². The van der Waals surface area contributed by atoms with Crippen LogP contribution in [0.2, 0.25) is 0 Å². The third-order valence-corrected chi connectivity index (χ3v) is 4.58. The fourth-order valence-electron chi connectivity index (χ4n) is 3.42. The van der Waals surface area contributed by atoms with Gasteiger partial charge in [-0.25, -0.2) is 0 Å². The Balaban J connectivity index is 1.56. The zero-order chi connectivity index (χ0) is 14.4. The van der Waals surface area contributed by atoms with Gasteiger partial charge in [0, 0.05) is 54.8 Å². The lowest BCUT2D eigenvalue weighted by Crippen LogP contribution is -2.53. The van der Waals surface area contributed by atoms with Crippen LogP contribution in [0.1, 0.15) is 23.2 Å². The van der Waals surface area contributed by atoms with E-state index in [4.69, 9.17) is 0 Å². The van der Waals surface area contributed by atoms with Crippen molar-refractivity contribution < 1.29 is 9.59 Å². The van der Waals surface area contributed by atoms with Crippen LogP contribution in [-0.2, 0) is 4.79 Å². The number of aromatic amines is 1. The quantitative estimate of drug-likeness (QED) is 0.864. The topological polar surface area (TPSA) is 56.4 Å². The number of fused-ring (bicyclic) bond motifs is 2. The smallest absolute Gasteiger partial charge is 0.254 e. The van der Waals surface area contributed by atoms with Crippen LogP contribution in [0, 0.1) is 0 Å². The van der Waals surface area contributed by atoms with E-state index in [2.05, 4.69) is 4.98 Å². The first kappa shape index (κ1) is 12.4. The molecule has 2 saturated heterocycles. The van der Waals surface area contributed by atoms with Gasteiger partial charge in [0.2, 0.25) is 5.91 Å². The van der Waals surface area contributed by atoms with E-state index in [-0.39, 0.29) is 17.9 Å². The highest BCUT2D eigenvalue weighted by Crippen LogP contribution is 2.24. The van der Waals surface area contributed by atoms with E-state index in [1.165, 1.54) is 0 Å². The maximum atomic E-state index is 12.6. The number of hydrogen-bond acceptors (Lipinski definition) is 2. The Morgan fingerprint density at radius 1 is 1.24 bits per heavy atom. The van der Waals surface area contributed by atoms with E-state index in [0.717, 1.165) is 22.9 Å². The molecule has 1 aromatic carbocycles. The lowest BCUT2D eigenvalue weighted by Gasteiger charge is -2.37. The normalized spacial score (nSPS) is 21.9. The van der Waals surface area contributed by atoms with E-state index < -0.39 is 0 Å². The molecule has 3 heterocycles. The second kappa shape index (κ2) is 4.62. The summed E-state index contributed by atoms with van der Waals surface area (Å²) in [5, 5.41) is 1.05. The number of nitrogens with one attached hydrogen (secondary N) is 1. The molecule has 1 atom stereocenters. The molecule has 5 nitrogen and oxygen atoms in total. The predicted octanol–water partition coefficient (Wildman–Crippen LogP) is 1.61. The minimum absolute atomic E-state index is 0.0668. The molecule has 2 aliphatic rings. The minimum Gasteiger partial charge on any atom is -0.361 e. The van der Waals surface area contributed by atoms with Crippen molar-refractivity contribution in [3.05, 3.63) is 36.0 Å². The molecule has 0 aliphatic carbocycles. The molecule has 1 N–H and O–H groups in total. The zero-order valence-corrected chi connectivity index (χ0v) is 11.7. The van der Waals surface area contributed by atoms with Crippen molar-refractivity contribution >= 4 is 22.7 Å². The number of piperazine rings is 1. The monoisotopic (exact) mass is 283 g/mol. The van der Waals surface area contributed by atoms with E-state index in [1.807, 2.05) is 40.3 Å². The molecule has 0 radical (unpaired) electrons. The fraction of sp³-hybridized carbons (Fsp3) is 0.375. The summed E-state index contributed by atoms with van der Waals surface area (Å²) in [5.41, 5.74) is 1.76. The molecule has 1 unspecified atom stereocenters. The summed E-state index contributed by atoms with van der Waals surface area (Å²) in [7, 11) is 0. The van der Waals surface area contributed by atoms with Crippen molar-refractivity contribution in [3.63, 3.8) is 0 Å². The molecular weight excluding hydrogens is 266 g/mol. The summed E-state index contributed by atoms with van der Waals surface area (Å²) >= 11 is 0. The van der Waals surface area contributed by atoms with Crippen LogP contribution in [0.5, 0.6) is 0 Å². The van der Waals surface area contributed by atoms with Gasteiger partial charge in [0.15, 0.2) is 0 Å². The first-order chi connectivity index (χ1) is 10.2. The fourth-order valence-corrected chi connectivity index (χ4v) is 3.42. The number of amides is 2. The molecule has 0 bridgehead atoms. The molecule has 2 aromatic rings. The molecular formula is C16H17N3O2. The van der Waals surface area contributed by atoms with E-state index in [0.29, 0.717) is 26.1 Å². The second-order valence-electron chi connectivity index (χ2n) is 5.81. The summed E-state index contributed by atoms with van der Waals surface area (Å²) in [6.07, 6.45) is 3.38. The summed E-state index contributed by atoms with van der Waals surface area (Å²) in [5.74, 6) is 0.304. The lowest BCUT2D eigenvalue weighted by molar-refractivity contribution is -0.130. The van der Waals surface area contributed by atoms with Crippen LogP contribution < -0.4 is 0 Å². The van der Waals surface area contributed by atoms with Gasteiger partial charge in [-0.3, -0.25) is 9.59 Å².